The molecular formula is C62H117N4O15PS. The molecular weight excluding hydrogens is 1100 g/mol. The van der Waals surface area contributed by atoms with Gasteiger partial charge >= 0.3 is 25.8 Å². The quantitative estimate of drug-likeness (QED) is 0.0164. The van der Waals surface area contributed by atoms with E-state index >= 15 is 0 Å². The molecule has 0 spiro atoms. The average molecular weight is 1220 g/mol. The second-order valence-electron chi connectivity index (χ2n) is 22.6. The van der Waals surface area contributed by atoms with Crippen LogP contribution < -0.4 is 21.3 Å². The Morgan fingerprint density at radius 1 is 0.506 bits per heavy atom. The number of carbonyl (C=O) groups excluding carboxylic acids is 5. The molecule has 2 saturated heterocycles. The fraction of sp³-hybridized carbons (Fsp3) is 0.919. The second kappa shape index (κ2) is 54.8. The van der Waals surface area contributed by atoms with Crippen molar-refractivity contribution in [3.63, 3.8) is 0 Å². The smallest absolute Gasteiger partial charge is 0.462 e. The Morgan fingerprint density at radius 2 is 0.928 bits per heavy atom. The number of phosphoric ester groups is 1. The molecule has 4 amide bonds. The lowest BCUT2D eigenvalue weighted by atomic mass is 10.0. The number of nitrogens with one attached hydrogen (secondary N) is 4. The molecule has 83 heavy (non-hydrogen) atoms. The van der Waals surface area contributed by atoms with Crippen LogP contribution in [0.15, 0.2) is 0 Å². The van der Waals surface area contributed by atoms with Crippen molar-refractivity contribution >= 4 is 49.4 Å². The number of thioether (sulfide) groups is 1. The van der Waals surface area contributed by atoms with Gasteiger partial charge in [0.2, 0.25) is 11.8 Å². The molecule has 0 aromatic rings. The largest absolute Gasteiger partial charge is 0.472 e. The number of rotatable bonds is 62. The van der Waals surface area contributed by atoms with Crippen LogP contribution in [-0.4, -0.2) is 150 Å². The van der Waals surface area contributed by atoms with Crippen LogP contribution in [0.2, 0.25) is 0 Å². The third-order valence-electron chi connectivity index (χ3n) is 15.0. The fourth-order valence-electron chi connectivity index (χ4n) is 10.1. The fourth-order valence-corrected chi connectivity index (χ4v) is 12.4. The van der Waals surface area contributed by atoms with E-state index in [1.54, 1.807) is 0 Å². The summed E-state index contributed by atoms with van der Waals surface area (Å²) in [6.07, 6.45) is 39.1. The van der Waals surface area contributed by atoms with Gasteiger partial charge in [-0.1, -0.05) is 200 Å². The number of unbranched alkanes of at least 4 members (excludes halogenated alkanes) is 29. The van der Waals surface area contributed by atoms with Gasteiger partial charge in [-0.15, -0.1) is 0 Å². The zero-order chi connectivity index (χ0) is 60.0. The molecule has 19 nitrogen and oxygen atoms in total. The Balaban J connectivity index is 1.51. The topological polar surface area (TPSA) is 245 Å². The molecule has 2 aliphatic heterocycles. The van der Waals surface area contributed by atoms with Crippen LogP contribution in [0.25, 0.3) is 0 Å². The first-order valence-corrected chi connectivity index (χ1v) is 35.6. The summed E-state index contributed by atoms with van der Waals surface area (Å²) in [6.45, 7) is 6.41. The third-order valence-corrected chi connectivity index (χ3v) is 17.5. The summed E-state index contributed by atoms with van der Waals surface area (Å²) in [6, 6.07) is 0.334. The van der Waals surface area contributed by atoms with E-state index in [0.717, 1.165) is 63.5 Å². The first-order valence-electron chi connectivity index (χ1n) is 33.0. The van der Waals surface area contributed by atoms with Crippen LogP contribution in [-0.2, 0) is 61.2 Å². The summed E-state index contributed by atoms with van der Waals surface area (Å²) in [4.78, 5) is 72.0. The normalized spacial score (nSPS) is 16.7. The maximum Gasteiger partial charge on any atom is 0.472 e. The number of hydrogen-bond acceptors (Lipinski definition) is 15. The summed E-state index contributed by atoms with van der Waals surface area (Å²) in [7, 11) is -4.62. The van der Waals surface area contributed by atoms with E-state index in [-0.39, 0.29) is 82.2 Å². The zero-order valence-electron chi connectivity index (χ0n) is 51.9. The molecule has 21 heteroatoms. The van der Waals surface area contributed by atoms with Gasteiger partial charge in [0.15, 0.2) is 6.10 Å². The van der Waals surface area contributed by atoms with Crippen LogP contribution in [0.3, 0.4) is 0 Å². The third kappa shape index (κ3) is 47.2. The van der Waals surface area contributed by atoms with Gasteiger partial charge in [0.25, 0.3) is 0 Å². The minimum atomic E-state index is -4.62. The number of urea groups is 1. The summed E-state index contributed by atoms with van der Waals surface area (Å²) in [5, 5.41) is 11.8. The molecule has 0 saturated carbocycles. The van der Waals surface area contributed by atoms with Crippen molar-refractivity contribution in [1.29, 1.82) is 0 Å². The highest BCUT2D eigenvalue weighted by Gasteiger charge is 2.42. The predicted octanol–water partition coefficient (Wildman–Crippen LogP) is 12.5. The van der Waals surface area contributed by atoms with Gasteiger partial charge in [-0.2, -0.15) is 11.8 Å². The lowest BCUT2D eigenvalue weighted by molar-refractivity contribution is -0.161. The molecule has 0 aromatic carbocycles. The Kier molecular flexibility index (Phi) is 50.6. The number of phosphoric acid groups is 1. The van der Waals surface area contributed by atoms with Gasteiger partial charge in [-0.25, -0.2) is 9.36 Å². The summed E-state index contributed by atoms with van der Waals surface area (Å²) in [5.41, 5.74) is 0. The highest BCUT2D eigenvalue weighted by molar-refractivity contribution is 8.00. The van der Waals surface area contributed by atoms with Gasteiger partial charge in [-0.05, 0) is 25.7 Å². The van der Waals surface area contributed by atoms with Gasteiger partial charge < -0.3 is 54.6 Å². The van der Waals surface area contributed by atoms with E-state index < -0.39 is 32.5 Å². The first-order chi connectivity index (χ1) is 40.5. The zero-order valence-corrected chi connectivity index (χ0v) is 53.6. The van der Waals surface area contributed by atoms with Crippen LogP contribution in [0.4, 0.5) is 4.79 Å². The highest BCUT2D eigenvalue weighted by atomic mass is 32.2. The minimum absolute atomic E-state index is 0.00826. The van der Waals surface area contributed by atoms with Gasteiger partial charge in [0.05, 0.1) is 78.2 Å². The molecule has 0 radical (unpaired) electrons. The Labute approximate surface area is 505 Å². The molecule has 0 aliphatic carbocycles. The molecule has 486 valence electrons. The monoisotopic (exact) mass is 1220 g/mol. The SMILES string of the molecule is CCCCCCCCCCCCCCCCCC(=O)OCC(COP(=O)(O)OCCNC(=O)CCOCCOCCOCCOCCNC(=O)CCCC[C@@H]1SC[C@@H]2NC(=O)N[C@@H]21)OC(=O)CCCCCCCCCCCCCCCCC. The molecule has 2 aliphatic rings. The summed E-state index contributed by atoms with van der Waals surface area (Å²) < 4.78 is 56.1. The van der Waals surface area contributed by atoms with Gasteiger partial charge in [0, 0.05) is 49.8 Å². The average Bonchev–Trinajstić information content (AvgIpc) is 4.23. The van der Waals surface area contributed by atoms with Crippen LogP contribution in [0, 0.1) is 0 Å². The number of esters is 2. The van der Waals surface area contributed by atoms with E-state index in [0.29, 0.717) is 70.7 Å². The Bertz CT molecular complexity index is 1660. The molecule has 2 rings (SSSR count). The highest BCUT2D eigenvalue weighted by Crippen LogP contribution is 2.43. The van der Waals surface area contributed by atoms with E-state index in [1.165, 1.54) is 141 Å². The Morgan fingerprint density at radius 3 is 1.43 bits per heavy atom. The lowest BCUT2D eigenvalue weighted by Gasteiger charge is -2.20. The number of ether oxygens (including phenoxy) is 6. The van der Waals surface area contributed by atoms with Crippen LogP contribution in [0.1, 0.15) is 251 Å². The lowest BCUT2D eigenvalue weighted by Crippen LogP contribution is -2.36. The molecule has 2 fully saturated rings. The maximum absolute atomic E-state index is 12.9. The minimum Gasteiger partial charge on any atom is -0.462 e. The molecule has 2 heterocycles. The van der Waals surface area contributed by atoms with E-state index in [2.05, 4.69) is 35.1 Å². The van der Waals surface area contributed by atoms with Crippen molar-refractivity contribution in [3.05, 3.63) is 0 Å². The Hall–Kier alpha value is -2.55. The van der Waals surface area contributed by atoms with E-state index in [1.807, 2.05) is 11.8 Å². The number of carbonyl (C=O) groups is 5. The molecule has 5 atom stereocenters. The van der Waals surface area contributed by atoms with Crippen molar-refractivity contribution in [2.75, 3.05) is 91.5 Å². The van der Waals surface area contributed by atoms with Crippen molar-refractivity contribution in [3.8, 4) is 0 Å². The standard InChI is InChI=1S/C62H117N4O15PS/c1-3-5-7-9-11-13-15-17-19-21-23-25-27-29-31-37-59(69)78-51-54(81-60(70)38-32-30-28-26-24-22-20-18-16-14-12-10-8-6-4-2)52-80-82(72,73)79-44-41-64-58(68)39-42-74-45-47-76-49-50-77-48-46-75-43-40-63-57(67)36-34-33-35-56-61-55(53-83-56)65-62(71)66-61/h54-56,61H,3-53H2,1-2H3,(H,63,67)(H,64,68)(H,72,73)(H2,65,66,71)/t54?,55-,56-,61-/m0/s1. The second-order valence-corrected chi connectivity index (χ2v) is 25.3. The molecule has 0 bridgehead atoms. The van der Waals surface area contributed by atoms with Gasteiger partial charge in [0.1, 0.15) is 6.61 Å². The van der Waals surface area contributed by atoms with Crippen molar-refractivity contribution in [2.45, 2.75) is 275 Å². The number of hydrogen-bond donors (Lipinski definition) is 5. The number of amides is 4. The van der Waals surface area contributed by atoms with Gasteiger partial charge in [-0.3, -0.25) is 28.2 Å². The van der Waals surface area contributed by atoms with Crippen LogP contribution in [0.5, 0.6) is 0 Å². The summed E-state index contributed by atoms with van der Waals surface area (Å²) >= 11 is 1.88. The summed E-state index contributed by atoms with van der Waals surface area (Å²) in [5.74, 6) is -0.303. The number of fused-ring (bicyclic) bond motifs is 1. The molecule has 5 N–H and O–H groups in total. The van der Waals surface area contributed by atoms with E-state index in [9.17, 15) is 33.4 Å². The van der Waals surface area contributed by atoms with E-state index in [4.69, 9.17) is 37.5 Å². The maximum atomic E-state index is 12.9. The van der Waals surface area contributed by atoms with Crippen molar-refractivity contribution < 1.29 is 70.9 Å². The predicted molar refractivity (Wildman–Crippen MR) is 330 cm³/mol. The van der Waals surface area contributed by atoms with Crippen LogP contribution >= 0.6 is 19.6 Å². The molecule has 0 aromatic heterocycles. The van der Waals surface area contributed by atoms with Crippen molar-refractivity contribution in [2.24, 2.45) is 0 Å². The first kappa shape index (κ1) is 76.5. The molecule has 2 unspecified atom stereocenters. The van der Waals surface area contributed by atoms with Crippen molar-refractivity contribution in [1.82, 2.24) is 21.3 Å².